The molecule has 2 aliphatic heterocycles. The molecule has 0 aliphatic carbocycles. The predicted molar refractivity (Wildman–Crippen MR) is 109 cm³/mol. The summed E-state index contributed by atoms with van der Waals surface area (Å²) in [6.07, 6.45) is 4.38. The van der Waals surface area contributed by atoms with Crippen LogP contribution in [0.25, 0.3) is 22.1 Å². The van der Waals surface area contributed by atoms with Gasteiger partial charge in [-0.3, -0.25) is 4.79 Å². The number of amides is 1. The van der Waals surface area contributed by atoms with Gasteiger partial charge in [0, 0.05) is 35.1 Å². The molecule has 144 valence electrons. The zero-order valence-corrected chi connectivity index (χ0v) is 15.9. The summed E-state index contributed by atoms with van der Waals surface area (Å²) in [6.45, 7) is 0. The summed E-state index contributed by atoms with van der Waals surface area (Å²) >= 11 is 0. The highest BCUT2D eigenvalue weighted by Gasteiger charge is 2.35. The molecule has 28 heavy (non-hydrogen) atoms. The monoisotopic (exact) mass is 376 g/mol. The third kappa shape index (κ3) is 3.06. The van der Waals surface area contributed by atoms with E-state index in [2.05, 4.69) is 10.6 Å². The zero-order valence-electron chi connectivity index (χ0n) is 15.9. The second kappa shape index (κ2) is 6.99. The molecule has 0 radical (unpaired) electrons. The third-order valence-corrected chi connectivity index (χ3v) is 5.97. The van der Waals surface area contributed by atoms with Crippen molar-refractivity contribution in [2.45, 2.75) is 43.8 Å². The van der Waals surface area contributed by atoms with Gasteiger partial charge in [-0.1, -0.05) is 30.3 Å². The van der Waals surface area contributed by atoms with Crippen molar-refractivity contribution >= 4 is 16.9 Å². The Bertz CT molecular complexity index is 999. The Morgan fingerprint density at radius 1 is 1.11 bits per heavy atom. The number of carbonyl (C=O) groups excluding carboxylic acids is 1. The van der Waals surface area contributed by atoms with Gasteiger partial charge in [-0.2, -0.15) is 0 Å². The largest absolute Gasteiger partial charge is 0.497 e. The first kappa shape index (κ1) is 17.3. The third-order valence-electron chi connectivity index (χ3n) is 5.97. The first-order chi connectivity index (χ1) is 13.7. The van der Waals surface area contributed by atoms with Crippen LogP contribution in [-0.4, -0.2) is 31.1 Å². The fourth-order valence-electron chi connectivity index (χ4n) is 4.68. The second-order valence-electron chi connectivity index (χ2n) is 7.81. The van der Waals surface area contributed by atoms with Gasteiger partial charge in [0.1, 0.15) is 11.3 Å². The SMILES string of the molecule is COc1ccc2c(-c3ccccc3)c(C(=O)NC3CC4CCC(C3)N4)oc2c1. The predicted octanol–water partition coefficient (Wildman–Crippen LogP) is 4.12. The molecule has 2 saturated heterocycles. The van der Waals surface area contributed by atoms with Gasteiger partial charge in [0.05, 0.1) is 7.11 Å². The molecule has 0 spiro atoms. The van der Waals surface area contributed by atoms with E-state index in [-0.39, 0.29) is 11.9 Å². The van der Waals surface area contributed by atoms with Crippen LogP contribution in [0.1, 0.15) is 36.2 Å². The fourth-order valence-corrected chi connectivity index (χ4v) is 4.68. The number of hydrogen-bond acceptors (Lipinski definition) is 4. The first-order valence-electron chi connectivity index (χ1n) is 9.94. The van der Waals surface area contributed by atoms with Gasteiger partial charge in [-0.15, -0.1) is 0 Å². The van der Waals surface area contributed by atoms with E-state index in [4.69, 9.17) is 9.15 Å². The van der Waals surface area contributed by atoms with Gasteiger partial charge in [-0.05, 0) is 43.4 Å². The van der Waals surface area contributed by atoms with Crippen molar-refractivity contribution in [3.8, 4) is 16.9 Å². The molecular formula is C23H24N2O3. The van der Waals surface area contributed by atoms with Gasteiger partial charge in [0.15, 0.2) is 0 Å². The number of benzene rings is 2. The van der Waals surface area contributed by atoms with Gasteiger partial charge in [-0.25, -0.2) is 0 Å². The molecule has 2 fully saturated rings. The van der Waals surface area contributed by atoms with Crippen molar-refractivity contribution in [1.29, 1.82) is 0 Å². The van der Waals surface area contributed by atoms with Crippen LogP contribution in [-0.2, 0) is 0 Å². The maximum Gasteiger partial charge on any atom is 0.287 e. The van der Waals surface area contributed by atoms with Crippen molar-refractivity contribution < 1.29 is 13.9 Å². The second-order valence-corrected chi connectivity index (χ2v) is 7.81. The Labute approximate surface area is 164 Å². The Morgan fingerprint density at radius 3 is 2.57 bits per heavy atom. The van der Waals surface area contributed by atoms with Gasteiger partial charge >= 0.3 is 0 Å². The van der Waals surface area contributed by atoms with Crippen LogP contribution >= 0.6 is 0 Å². The lowest BCUT2D eigenvalue weighted by Gasteiger charge is -2.29. The van der Waals surface area contributed by atoms with Crippen molar-refractivity contribution in [2.75, 3.05) is 7.11 Å². The van der Waals surface area contributed by atoms with E-state index < -0.39 is 0 Å². The average molecular weight is 376 g/mol. The van der Waals surface area contributed by atoms with E-state index in [1.54, 1.807) is 7.11 Å². The summed E-state index contributed by atoms with van der Waals surface area (Å²) < 4.78 is 11.4. The molecule has 5 rings (SSSR count). The lowest BCUT2D eigenvalue weighted by molar-refractivity contribution is 0.0899. The lowest BCUT2D eigenvalue weighted by Crippen LogP contribution is -2.48. The maximum absolute atomic E-state index is 13.2. The van der Waals surface area contributed by atoms with Crippen molar-refractivity contribution in [2.24, 2.45) is 0 Å². The summed E-state index contributed by atoms with van der Waals surface area (Å²) in [5.74, 6) is 0.948. The molecule has 0 saturated carbocycles. The molecule has 2 unspecified atom stereocenters. The Kier molecular flexibility index (Phi) is 4.32. The summed E-state index contributed by atoms with van der Waals surface area (Å²) in [5.41, 5.74) is 2.48. The molecular weight excluding hydrogens is 352 g/mol. The van der Waals surface area contributed by atoms with Crippen LogP contribution in [0.5, 0.6) is 5.75 Å². The summed E-state index contributed by atoms with van der Waals surface area (Å²) in [6, 6.07) is 16.9. The van der Waals surface area contributed by atoms with Gasteiger partial charge in [0.2, 0.25) is 5.76 Å². The molecule has 5 nitrogen and oxygen atoms in total. The number of nitrogens with one attached hydrogen (secondary N) is 2. The summed E-state index contributed by atoms with van der Waals surface area (Å²) in [5, 5.41) is 7.77. The number of piperidine rings is 1. The van der Waals surface area contributed by atoms with E-state index in [1.807, 2.05) is 48.5 Å². The van der Waals surface area contributed by atoms with Crippen LogP contribution in [0.2, 0.25) is 0 Å². The zero-order chi connectivity index (χ0) is 19.1. The average Bonchev–Trinajstić information content (AvgIpc) is 3.27. The molecule has 1 amide bonds. The van der Waals surface area contributed by atoms with Crippen LogP contribution < -0.4 is 15.4 Å². The Balaban J connectivity index is 1.53. The summed E-state index contributed by atoms with van der Waals surface area (Å²) in [4.78, 5) is 13.2. The van der Waals surface area contributed by atoms with E-state index in [9.17, 15) is 4.79 Å². The molecule has 3 aromatic rings. The molecule has 2 N–H and O–H groups in total. The van der Waals surface area contributed by atoms with Crippen LogP contribution in [0.15, 0.2) is 52.9 Å². The van der Waals surface area contributed by atoms with Crippen LogP contribution in [0, 0.1) is 0 Å². The number of fused-ring (bicyclic) bond motifs is 3. The minimum absolute atomic E-state index is 0.139. The van der Waals surface area contributed by atoms with Gasteiger partial charge < -0.3 is 19.8 Å². The number of furan rings is 1. The molecule has 2 bridgehead atoms. The lowest BCUT2D eigenvalue weighted by atomic mass is 9.98. The van der Waals surface area contributed by atoms with Crippen molar-refractivity contribution in [3.05, 3.63) is 54.3 Å². The van der Waals surface area contributed by atoms with E-state index in [0.717, 1.165) is 29.4 Å². The summed E-state index contributed by atoms with van der Waals surface area (Å²) in [7, 11) is 1.63. The first-order valence-corrected chi connectivity index (χ1v) is 9.94. The normalized spacial score (nSPS) is 23.7. The highest BCUT2D eigenvalue weighted by molar-refractivity contribution is 6.08. The molecule has 2 aromatic carbocycles. The maximum atomic E-state index is 13.2. The quantitative estimate of drug-likeness (QED) is 0.719. The minimum atomic E-state index is -0.139. The number of rotatable bonds is 4. The number of carbonyl (C=O) groups is 1. The van der Waals surface area contributed by atoms with Crippen LogP contribution in [0.3, 0.4) is 0 Å². The topological polar surface area (TPSA) is 63.5 Å². The minimum Gasteiger partial charge on any atom is -0.497 e. The number of ether oxygens (including phenoxy) is 1. The smallest absolute Gasteiger partial charge is 0.287 e. The Morgan fingerprint density at radius 2 is 1.86 bits per heavy atom. The molecule has 2 aliphatic rings. The molecule has 2 atom stereocenters. The highest BCUT2D eigenvalue weighted by Crippen LogP contribution is 2.37. The number of methoxy groups -OCH3 is 1. The van der Waals surface area contributed by atoms with Crippen LogP contribution in [0.4, 0.5) is 0 Å². The number of hydrogen-bond donors (Lipinski definition) is 2. The Hall–Kier alpha value is -2.79. The van der Waals surface area contributed by atoms with Crippen molar-refractivity contribution in [1.82, 2.24) is 10.6 Å². The van der Waals surface area contributed by atoms with E-state index in [1.165, 1.54) is 12.8 Å². The molecule has 3 heterocycles. The van der Waals surface area contributed by atoms with E-state index >= 15 is 0 Å². The highest BCUT2D eigenvalue weighted by atomic mass is 16.5. The molecule has 1 aromatic heterocycles. The van der Waals surface area contributed by atoms with Gasteiger partial charge in [0.25, 0.3) is 5.91 Å². The standard InChI is InChI=1S/C23H24N2O3/c1-27-18-9-10-19-20(13-18)28-22(21(19)14-5-3-2-4-6-14)23(26)25-17-11-15-7-8-16(12-17)24-15/h2-6,9-10,13,15-17,24H,7-8,11-12H2,1H3,(H,25,26). The fraction of sp³-hybridized carbons (Fsp3) is 0.348. The van der Waals surface area contributed by atoms with E-state index in [0.29, 0.717) is 29.2 Å². The van der Waals surface area contributed by atoms with Crippen molar-refractivity contribution in [3.63, 3.8) is 0 Å². The molecule has 5 heteroatoms.